The van der Waals surface area contributed by atoms with Gasteiger partial charge in [-0.2, -0.15) is 13.2 Å². The van der Waals surface area contributed by atoms with Gasteiger partial charge in [0.25, 0.3) is 5.91 Å². The Morgan fingerprint density at radius 2 is 2.00 bits per heavy atom. The highest BCUT2D eigenvalue weighted by molar-refractivity contribution is 5.96. The zero-order chi connectivity index (χ0) is 16.7. The molecule has 0 bridgehead atoms. The summed E-state index contributed by atoms with van der Waals surface area (Å²) in [6.07, 6.45) is -4.61. The van der Waals surface area contributed by atoms with Crippen molar-refractivity contribution in [1.82, 2.24) is 15.3 Å². The highest BCUT2D eigenvalue weighted by Gasteiger charge is 2.34. The molecule has 1 aromatic heterocycles. The Morgan fingerprint density at radius 3 is 2.55 bits per heavy atom. The number of halogens is 3. The van der Waals surface area contributed by atoms with Gasteiger partial charge in [-0.25, -0.2) is 4.98 Å². The van der Waals surface area contributed by atoms with Crippen LogP contribution in [0.3, 0.4) is 0 Å². The minimum atomic E-state index is -4.61. The molecule has 0 saturated heterocycles. The van der Waals surface area contributed by atoms with Gasteiger partial charge < -0.3 is 15.4 Å². The number of aliphatic carboxylic acids is 1. The number of aromatic nitrogens is 2. The van der Waals surface area contributed by atoms with Gasteiger partial charge in [-0.3, -0.25) is 9.59 Å². The number of rotatable bonds is 3. The Morgan fingerprint density at radius 1 is 1.36 bits per heavy atom. The lowest BCUT2D eigenvalue weighted by atomic mass is 10.1. The van der Waals surface area contributed by atoms with Crippen molar-refractivity contribution in [3.05, 3.63) is 29.1 Å². The van der Waals surface area contributed by atoms with Gasteiger partial charge >= 0.3 is 12.1 Å². The van der Waals surface area contributed by atoms with Crippen LogP contribution in [0.4, 0.5) is 13.2 Å². The van der Waals surface area contributed by atoms with Crippen LogP contribution in [0, 0.1) is 6.92 Å². The number of carboxylic acids is 1. The predicted molar refractivity (Wildman–Crippen MR) is 70.4 cm³/mol. The Hall–Kier alpha value is -2.58. The second-order valence-corrected chi connectivity index (χ2v) is 4.83. The van der Waals surface area contributed by atoms with E-state index in [9.17, 15) is 22.8 Å². The summed E-state index contributed by atoms with van der Waals surface area (Å²) >= 11 is 0. The third kappa shape index (κ3) is 3.02. The van der Waals surface area contributed by atoms with Crippen LogP contribution in [0.1, 0.15) is 28.7 Å². The van der Waals surface area contributed by atoms with Crippen molar-refractivity contribution in [1.29, 1.82) is 0 Å². The summed E-state index contributed by atoms with van der Waals surface area (Å²) in [5.74, 6) is -2.53. The number of carbonyl (C=O) groups is 2. The van der Waals surface area contributed by atoms with E-state index in [4.69, 9.17) is 5.11 Å². The molecule has 1 heterocycles. The molecule has 1 amide bonds. The molecule has 0 saturated carbocycles. The number of nitrogens with zero attached hydrogens (tertiary/aromatic N) is 1. The van der Waals surface area contributed by atoms with Crippen molar-refractivity contribution in [2.45, 2.75) is 26.1 Å². The number of hydrogen-bond acceptors (Lipinski definition) is 3. The first-order chi connectivity index (χ1) is 10.1. The van der Waals surface area contributed by atoms with Crippen LogP contribution >= 0.6 is 0 Å². The van der Waals surface area contributed by atoms with Gasteiger partial charge in [0.2, 0.25) is 0 Å². The molecule has 22 heavy (non-hydrogen) atoms. The summed E-state index contributed by atoms with van der Waals surface area (Å²) in [4.78, 5) is 28.6. The topological polar surface area (TPSA) is 95.1 Å². The van der Waals surface area contributed by atoms with Crippen molar-refractivity contribution < 1.29 is 27.9 Å². The molecule has 0 aliphatic rings. The largest absolute Gasteiger partial charge is 0.480 e. The first-order valence-corrected chi connectivity index (χ1v) is 6.21. The third-order valence-corrected chi connectivity index (χ3v) is 2.97. The molecule has 3 N–H and O–H groups in total. The SMILES string of the molecule is Cc1cc(C(F)(F)F)c2nc(C(=O)N[C@H](C)C(=O)O)[nH]c2c1. The summed E-state index contributed by atoms with van der Waals surface area (Å²) in [5, 5.41) is 10.8. The van der Waals surface area contributed by atoms with Crippen LogP contribution in [0.25, 0.3) is 11.0 Å². The van der Waals surface area contributed by atoms with Crippen LogP contribution in [0.5, 0.6) is 0 Å². The van der Waals surface area contributed by atoms with E-state index < -0.39 is 29.7 Å². The first kappa shape index (κ1) is 15.8. The summed E-state index contributed by atoms with van der Waals surface area (Å²) in [7, 11) is 0. The molecule has 2 aromatic rings. The molecule has 0 spiro atoms. The van der Waals surface area contributed by atoms with Crippen molar-refractivity contribution in [2.75, 3.05) is 0 Å². The fourth-order valence-corrected chi connectivity index (χ4v) is 1.91. The standard InChI is InChI=1S/C13H12F3N3O3/c1-5-3-7(13(14,15)16)9-8(4-5)18-10(19-9)11(20)17-6(2)12(21)22/h3-4,6H,1-2H3,(H,17,20)(H,18,19)(H,21,22)/t6-/m1/s1. The van der Waals surface area contributed by atoms with Gasteiger partial charge in [0, 0.05) is 0 Å². The molecule has 1 atom stereocenters. The number of imidazole rings is 1. The van der Waals surface area contributed by atoms with Gasteiger partial charge in [0.1, 0.15) is 11.6 Å². The maximum Gasteiger partial charge on any atom is 0.418 e. The van der Waals surface area contributed by atoms with Gasteiger partial charge in [0.15, 0.2) is 5.82 Å². The average molecular weight is 315 g/mol. The minimum absolute atomic E-state index is 0.0560. The van der Waals surface area contributed by atoms with E-state index in [0.29, 0.717) is 5.56 Å². The number of carbonyl (C=O) groups excluding carboxylic acids is 1. The number of amides is 1. The molecule has 0 aliphatic carbocycles. The number of alkyl halides is 3. The molecule has 0 radical (unpaired) electrons. The lowest BCUT2D eigenvalue weighted by Crippen LogP contribution is -2.38. The molecule has 0 unspecified atom stereocenters. The van der Waals surface area contributed by atoms with E-state index in [1.807, 2.05) is 0 Å². The predicted octanol–water partition coefficient (Wildman–Crippen LogP) is 2.09. The summed E-state index contributed by atoms with van der Waals surface area (Å²) in [6, 6.07) is 1.17. The number of carboxylic acid groups (broad SMARTS) is 1. The number of aryl methyl sites for hydroxylation is 1. The van der Waals surface area contributed by atoms with E-state index in [1.165, 1.54) is 19.9 Å². The lowest BCUT2D eigenvalue weighted by molar-refractivity contribution is -0.139. The Bertz CT molecular complexity index is 752. The van der Waals surface area contributed by atoms with Gasteiger partial charge in [0.05, 0.1) is 11.1 Å². The maximum absolute atomic E-state index is 13.0. The summed E-state index contributed by atoms with van der Waals surface area (Å²) in [5.41, 5.74) is -0.926. The van der Waals surface area contributed by atoms with Crippen molar-refractivity contribution in [3.8, 4) is 0 Å². The zero-order valence-corrected chi connectivity index (χ0v) is 11.6. The van der Waals surface area contributed by atoms with Crippen LogP contribution < -0.4 is 5.32 Å². The van der Waals surface area contributed by atoms with E-state index in [1.54, 1.807) is 0 Å². The van der Waals surface area contributed by atoms with Crippen molar-refractivity contribution in [2.24, 2.45) is 0 Å². The number of aromatic amines is 1. The number of benzene rings is 1. The van der Waals surface area contributed by atoms with E-state index in [2.05, 4.69) is 15.3 Å². The van der Waals surface area contributed by atoms with Crippen LogP contribution in [-0.2, 0) is 11.0 Å². The Kier molecular flexibility index (Phi) is 3.82. The molecule has 0 aliphatic heterocycles. The monoisotopic (exact) mass is 315 g/mol. The Balaban J connectivity index is 2.47. The normalized spacial score (nSPS) is 13.1. The third-order valence-electron chi connectivity index (χ3n) is 2.97. The molecule has 9 heteroatoms. The highest BCUT2D eigenvalue weighted by Crippen LogP contribution is 2.34. The number of H-pyrrole nitrogens is 1. The molecular weight excluding hydrogens is 303 g/mol. The number of nitrogens with one attached hydrogen (secondary N) is 2. The average Bonchev–Trinajstić information content (AvgIpc) is 2.79. The smallest absolute Gasteiger partial charge is 0.418 e. The number of hydrogen-bond donors (Lipinski definition) is 3. The van der Waals surface area contributed by atoms with Crippen molar-refractivity contribution >= 4 is 22.9 Å². The van der Waals surface area contributed by atoms with Crippen LogP contribution in [0.2, 0.25) is 0 Å². The molecule has 118 valence electrons. The van der Waals surface area contributed by atoms with E-state index in [-0.39, 0.29) is 16.9 Å². The highest BCUT2D eigenvalue weighted by atomic mass is 19.4. The zero-order valence-electron chi connectivity index (χ0n) is 11.6. The summed E-state index contributed by atoms with van der Waals surface area (Å²) < 4.78 is 39.0. The second-order valence-electron chi connectivity index (χ2n) is 4.83. The maximum atomic E-state index is 13.0. The molecule has 2 rings (SSSR count). The number of fused-ring (bicyclic) bond motifs is 1. The Labute approximate surface area is 122 Å². The quantitative estimate of drug-likeness (QED) is 0.808. The van der Waals surface area contributed by atoms with Gasteiger partial charge in [-0.15, -0.1) is 0 Å². The molecule has 1 aromatic carbocycles. The van der Waals surface area contributed by atoms with Gasteiger partial charge in [-0.05, 0) is 31.5 Å². The first-order valence-electron chi connectivity index (χ1n) is 6.21. The van der Waals surface area contributed by atoms with E-state index >= 15 is 0 Å². The van der Waals surface area contributed by atoms with Crippen molar-refractivity contribution in [3.63, 3.8) is 0 Å². The fourth-order valence-electron chi connectivity index (χ4n) is 1.91. The molecular formula is C13H12F3N3O3. The summed E-state index contributed by atoms with van der Waals surface area (Å²) in [6.45, 7) is 2.72. The molecule has 6 nitrogen and oxygen atoms in total. The van der Waals surface area contributed by atoms with E-state index in [0.717, 1.165) is 6.07 Å². The molecule has 0 fully saturated rings. The minimum Gasteiger partial charge on any atom is -0.480 e. The van der Waals surface area contributed by atoms with Crippen LogP contribution in [-0.4, -0.2) is 33.0 Å². The lowest BCUT2D eigenvalue weighted by Gasteiger charge is -2.08. The second kappa shape index (κ2) is 5.32. The van der Waals surface area contributed by atoms with Crippen LogP contribution in [0.15, 0.2) is 12.1 Å². The fraction of sp³-hybridized carbons (Fsp3) is 0.308. The van der Waals surface area contributed by atoms with Gasteiger partial charge in [-0.1, -0.05) is 0 Å².